The zero-order valence-corrected chi connectivity index (χ0v) is 16.7. The molecule has 1 aromatic rings. The molecule has 1 fully saturated rings. The maximum Gasteiger partial charge on any atom is 0.414 e. The lowest BCUT2D eigenvalue weighted by Gasteiger charge is -2.33. The largest absolute Gasteiger partial charge is 0.473 e. The number of ether oxygens (including phenoxy) is 1. The van der Waals surface area contributed by atoms with Crippen LogP contribution >= 0.6 is 11.6 Å². The number of carboxylic acid groups (broad SMARTS) is 2. The first kappa shape index (κ1) is 24.2. The zero-order valence-electron chi connectivity index (χ0n) is 16.0. The lowest BCUT2D eigenvalue weighted by atomic mass is 10.2. The number of aliphatic carboxylic acids is 2. The van der Waals surface area contributed by atoms with Gasteiger partial charge in [0.25, 0.3) is 0 Å². The van der Waals surface area contributed by atoms with E-state index in [0.717, 1.165) is 13.1 Å². The summed E-state index contributed by atoms with van der Waals surface area (Å²) in [6.45, 7) is 5.63. The molecule has 0 bridgehead atoms. The highest BCUT2D eigenvalue weighted by Gasteiger charge is 2.22. The molecule has 1 aliphatic rings. The van der Waals surface area contributed by atoms with E-state index in [1.165, 1.54) is 0 Å². The highest BCUT2D eigenvalue weighted by Crippen LogP contribution is 2.15. The molecule has 1 aromatic carbocycles. The van der Waals surface area contributed by atoms with Crippen LogP contribution < -0.4 is 5.32 Å². The number of benzene rings is 1. The Hall–Kier alpha value is -2.85. The van der Waals surface area contributed by atoms with Gasteiger partial charge in [-0.05, 0) is 25.1 Å². The van der Waals surface area contributed by atoms with Crippen LogP contribution in [-0.4, -0.2) is 83.3 Å². The van der Waals surface area contributed by atoms with E-state index in [-0.39, 0.29) is 12.0 Å². The van der Waals surface area contributed by atoms with Crippen molar-refractivity contribution in [2.24, 2.45) is 0 Å². The lowest BCUT2D eigenvalue weighted by molar-refractivity contribution is -0.159. The second kappa shape index (κ2) is 12.6. The minimum Gasteiger partial charge on any atom is -0.473 e. The summed E-state index contributed by atoms with van der Waals surface area (Å²) in [6, 6.07) is 7.09. The molecule has 10 nitrogen and oxygen atoms in total. The maximum absolute atomic E-state index is 12.0. The number of nitrogens with one attached hydrogen (secondary N) is 1. The van der Waals surface area contributed by atoms with Crippen LogP contribution in [0.3, 0.4) is 0 Å². The van der Waals surface area contributed by atoms with Gasteiger partial charge < -0.3 is 25.2 Å². The smallest absolute Gasteiger partial charge is 0.414 e. The second-order valence-electron chi connectivity index (χ2n) is 5.95. The number of anilines is 1. The summed E-state index contributed by atoms with van der Waals surface area (Å²) in [7, 11) is 0. The van der Waals surface area contributed by atoms with Crippen molar-refractivity contribution in [3.63, 3.8) is 0 Å². The predicted octanol–water partition coefficient (Wildman–Crippen LogP) is 1.60. The van der Waals surface area contributed by atoms with Gasteiger partial charge in [-0.1, -0.05) is 17.7 Å². The third kappa shape index (κ3) is 9.77. The molecule has 0 unspecified atom stereocenters. The Kier molecular flexibility index (Phi) is 10.5. The Bertz CT molecular complexity index is 709. The topological polar surface area (TPSA) is 136 Å². The van der Waals surface area contributed by atoms with Gasteiger partial charge in [0.2, 0.25) is 5.91 Å². The molecule has 11 heteroatoms. The first-order valence-corrected chi connectivity index (χ1v) is 9.26. The van der Waals surface area contributed by atoms with Crippen LogP contribution in [-0.2, 0) is 19.1 Å². The van der Waals surface area contributed by atoms with Gasteiger partial charge in [0.15, 0.2) is 0 Å². The lowest BCUT2D eigenvalue weighted by Crippen LogP contribution is -2.49. The van der Waals surface area contributed by atoms with Crippen molar-refractivity contribution >= 4 is 41.2 Å². The molecule has 2 rings (SSSR count). The van der Waals surface area contributed by atoms with Crippen molar-refractivity contribution in [3.8, 4) is 0 Å². The van der Waals surface area contributed by atoms with Crippen LogP contribution in [0.1, 0.15) is 13.3 Å². The van der Waals surface area contributed by atoms with E-state index in [4.69, 9.17) is 36.1 Å². The summed E-state index contributed by atoms with van der Waals surface area (Å²) in [4.78, 5) is 45.6. The Labute approximate surface area is 173 Å². The van der Waals surface area contributed by atoms with E-state index in [1.54, 1.807) is 30.0 Å². The molecule has 3 N–H and O–H groups in total. The van der Waals surface area contributed by atoms with E-state index < -0.39 is 11.9 Å². The number of amides is 2. The fourth-order valence-electron chi connectivity index (χ4n) is 2.42. The molecular weight excluding hydrogens is 406 g/mol. The van der Waals surface area contributed by atoms with Crippen LogP contribution in [0.2, 0.25) is 5.02 Å². The van der Waals surface area contributed by atoms with Crippen molar-refractivity contribution < 1.29 is 34.1 Å². The number of nitrogens with zero attached hydrogens (tertiary/aromatic N) is 2. The Morgan fingerprint density at radius 2 is 1.72 bits per heavy atom. The van der Waals surface area contributed by atoms with Gasteiger partial charge in [-0.15, -0.1) is 0 Å². The monoisotopic (exact) mass is 429 g/mol. The molecule has 0 aromatic heterocycles. The van der Waals surface area contributed by atoms with Crippen molar-refractivity contribution in [2.75, 3.05) is 44.6 Å². The number of carbonyl (C=O) groups excluding carboxylic acids is 2. The number of carboxylic acids is 2. The molecule has 2 amide bonds. The maximum atomic E-state index is 12.0. The Balaban J connectivity index is 0.000000612. The summed E-state index contributed by atoms with van der Waals surface area (Å²) >= 11 is 5.89. The minimum atomic E-state index is -1.82. The SMILES string of the molecule is CCOC(=O)N1CCN(CCC(=O)Nc2cccc(Cl)c2)CC1.O=C(O)C(=O)O. The molecule has 160 valence electrons. The standard InChI is InChI=1S/C16H22ClN3O3.C2H2O4/c1-2-23-16(22)20-10-8-19(9-11-20)7-6-15(21)18-14-5-3-4-13(17)12-14;3-1(4)2(5)6/h3-5,12H,2,6-11H2,1H3,(H,18,21);(H,3,4)(H,5,6). The summed E-state index contributed by atoms with van der Waals surface area (Å²) in [5, 5.41) is 18.2. The van der Waals surface area contributed by atoms with E-state index in [2.05, 4.69) is 10.2 Å². The van der Waals surface area contributed by atoms with Gasteiger partial charge in [0.1, 0.15) is 0 Å². The summed E-state index contributed by atoms with van der Waals surface area (Å²) < 4.78 is 4.98. The minimum absolute atomic E-state index is 0.0416. The average molecular weight is 430 g/mol. The molecule has 0 saturated carbocycles. The van der Waals surface area contributed by atoms with Crippen molar-refractivity contribution in [1.82, 2.24) is 9.80 Å². The van der Waals surface area contributed by atoms with Gasteiger partial charge >= 0.3 is 18.0 Å². The van der Waals surface area contributed by atoms with Gasteiger partial charge in [-0.3, -0.25) is 9.69 Å². The van der Waals surface area contributed by atoms with Crippen molar-refractivity contribution in [3.05, 3.63) is 29.3 Å². The summed E-state index contributed by atoms with van der Waals surface area (Å²) in [5.41, 5.74) is 0.703. The fraction of sp³-hybridized carbons (Fsp3) is 0.444. The third-order valence-corrected chi connectivity index (χ3v) is 4.08. The average Bonchev–Trinajstić information content (AvgIpc) is 2.67. The van der Waals surface area contributed by atoms with Gasteiger partial charge in [0.05, 0.1) is 6.61 Å². The van der Waals surface area contributed by atoms with Crippen LogP contribution in [0.15, 0.2) is 24.3 Å². The van der Waals surface area contributed by atoms with Gasteiger partial charge in [-0.25, -0.2) is 14.4 Å². The zero-order chi connectivity index (χ0) is 21.8. The molecule has 0 radical (unpaired) electrons. The number of rotatable bonds is 5. The number of halogens is 1. The van der Waals surface area contributed by atoms with E-state index >= 15 is 0 Å². The first-order chi connectivity index (χ1) is 13.7. The van der Waals surface area contributed by atoms with Gasteiger partial charge in [0, 0.05) is 49.9 Å². The first-order valence-electron chi connectivity index (χ1n) is 8.88. The molecule has 29 heavy (non-hydrogen) atoms. The fourth-order valence-corrected chi connectivity index (χ4v) is 2.61. The molecule has 1 heterocycles. The van der Waals surface area contributed by atoms with Crippen LogP contribution in [0, 0.1) is 0 Å². The van der Waals surface area contributed by atoms with E-state index in [9.17, 15) is 9.59 Å². The van der Waals surface area contributed by atoms with Crippen LogP contribution in [0.5, 0.6) is 0 Å². The van der Waals surface area contributed by atoms with Crippen molar-refractivity contribution in [1.29, 1.82) is 0 Å². The number of carbonyl (C=O) groups is 4. The highest BCUT2D eigenvalue weighted by molar-refractivity contribution is 6.30. The molecule has 0 aliphatic carbocycles. The number of hydrogen-bond donors (Lipinski definition) is 3. The summed E-state index contributed by atoms with van der Waals surface area (Å²) in [5.74, 6) is -3.69. The van der Waals surface area contributed by atoms with E-state index in [1.807, 2.05) is 6.07 Å². The predicted molar refractivity (Wildman–Crippen MR) is 105 cm³/mol. The highest BCUT2D eigenvalue weighted by atomic mass is 35.5. The number of hydrogen-bond acceptors (Lipinski definition) is 6. The van der Waals surface area contributed by atoms with Gasteiger partial charge in [-0.2, -0.15) is 0 Å². The quantitative estimate of drug-likeness (QED) is 0.600. The summed E-state index contributed by atoms with van der Waals surface area (Å²) in [6.07, 6.45) is 0.150. The normalized spacial score (nSPS) is 13.7. The van der Waals surface area contributed by atoms with Crippen molar-refractivity contribution in [2.45, 2.75) is 13.3 Å². The van der Waals surface area contributed by atoms with Crippen LogP contribution in [0.25, 0.3) is 0 Å². The molecule has 0 spiro atoms. The second-order valence-corrected chi connectivity index (χ2v) is 6.38. The molecular formula is C18H24ClN3O7. The molecule has 1 saturated heterocycles. The number of piperazine rings is 1. The molecule has 1 aliphatic heterocycles. The van der Waals surface area contributed by atoms with Crippen LogP contribution in [0.4, 0.5) is 10.5 Å². The third-order valence-electron chi connectivity index (χ3n) is 3.84. The Morgan fingerprint density at radius 1 is 1.10 bits per heavy atom. The Morgan fingerprint density at radius 3 is 2.24 bits per heavy atom. The van der Waals surface area contributed by atoms with E-state index in [0.29, 0.717) is 43.4 Å². The molecule has 0 atom stereocenters.